The topological polar surface area (TPSA) is 72.8 Å². The molecule has 0 fully saturated rings. The molecular weight excluding hydrogens is 645 g/mol. The number of aliphatic hydroxyl groups is 1. The molecule has 0 saturated heterocycles. The molecule has 0 amide bonds. The first-order valence-electron chi connectivity index (χ1n) is 19.7. The third-order valence-corrected chi connectivity index (χ3v) is 7.45. The average Bonchev–Trinajstić information content (AvgIpc) is 3.15. The number of unbranched alkanes of at least 4 members (excludes halogenated alkanes) is 3. The van der Waals surface area contributed by atoms with Gasteiger partial charge in [-0.25, -0.2) is 0 Å². The fourth-order valence-corrected chi connectivity index (χ4v) is 4.54. The van der Waals surface area contributed by atoms with Gasteiger partial charge >= 0.3 is 11.9 Å². The summed E-state index contributed by atoms with van der Waals surface area (Å²) in [6, 6.07) is 0. The SMILES string of the molecule is CC/C=C\C/C=C\C/C=C\C/C=C\C/C=C\C/C=C\CCC(=O)OC(CO)COC(=O)CCCCC/C=C\C/C=C\C/C=C\C/C=C\C/C=C\CC. The van der Waals surface area contributed by atoms with E-state index >= 15 is 0 Å². The molecule has 1 atom stereocenters. The van der Waals surface area contributed by atoms with Gasteiger partial charge in [-0.1, -0.05) is 154 Å². The Morgan fingerprint density at radius 1 is 0.442 bits per heavy atom. The predicted octanol–water partition coefficient (Wildman–Crippen LogP) is 12.6. The molecule has 0 aromatic rings. The van der Waals surface area contributed by atoms with Gasteiger partial charge < -0.3 is 14.6 Å². The molecule has 288 valence electrons. The predicted molar refractivity (Wildman–Crippen MR) is 223 cm³/mol. The second-order valence-corrected chi connectivity index (χ2v) is 12.2. The van der Waals surface area contributed by atoms with Crippen molar-refractivity contribution in [2.45, 2.75) is 136 Å². The number of carbonyl (C=O) groups is 2. The first-order chi connectivity index (χ1) is 25.6. The van der Waals surface area contributed by atoms with Crippen LogP contribution >= 0.6 is 0 Å². The van der Waals surface area contributed by atoms with Crippen molar-refractivity contribution in [3.8, 4) is 0 Å². The zero-order valence-electron chi connectivity index (χ0n) is 32.5. The molecule has 0 saturated carbocycles. The van der Waals surface area contributed by atoms with Gasteiger partial charge in [-0.2, -0.15) is 0 Å². The largest absolute Gasteiger partial charge is 0.462 e. The molecule has 0 aliphatic carbocycles. The molecule has 52 heavy (non-hydrogen) atoms. The molecule has 0 aliphatic heterocycles. The number of carbonyl (C=O) groups excluding carboxylic acids is 2. The first-order valence-corrected chi connectivity index (χ1v) is 19.7. The van der Waals surface area contributed by atoms with E-state index in [9.17, 15) is 14.7 Å². The standard InChI is InChI=1S/C47H70O5/c1-3-5-7-9-11-13-15-17-19-21-23-25-27-29-31-33-35-37-39-41-46(49)51-44-45(43-48)52-47(50)42-40-38-36-34-32-30-28-26-24-22-20-18-16-14-12-10-8-6-4-2/h5-8,11-14,17-20,23-26,29-32,36,38,45,48H,3-4,9-10,15-16,21-22,27-28,33-35,37,39-44H2,1-2H3/b7-5-,8-6-,13-11-,14-12-,19-17-,20-18-,25-23-,26-24-,31-29-,32-30-,38-36-. The van der Waals surface area contributed by atoms with Gasteiger partial charge in [0.1, 0.15) is 6.61 Å². The summed E-state index contributed by atoms with van der Waals surface area (Å²) in [4.78, 5) is 24.2. The van der Waals surface area contributed by atoms with Crippen LogP contribution in [0.1, 0.15) is 129 Å². The van der Waals surface area contributed by atoms with E-state index in [4.69, 9.17) is 9.47 Å². The molecule has 0 aromatic carbocycles. The molecule has 0 spiro atoms. The van der Waals surface area contributed by atoms with Gasteiger partial charge in [-0.05, 0) is 96.3 Å². The molecule has 0 aromatic heterocycles. The van der Waals surface area contributed by atoms with E-state index in [1.54, 1.807) is 0 Å². The molecular formula is C47H70O5. The summed E-state index contributed by atoms with van der Waals surface area (Å²) in [7, 11) is 0. The summed E-state index contributed by atoms with van der Waals surface area (Å²) in [6.07, 6.45) is 62.3. The van der Waals surface area contributed by atoms with Gasteiger partial charge in [-0.15, -0.1) is 0 Å². The minimum Gasteiger partial charge on any atom is -0.462 e. The summed E-state index contributed by atoms with van der Waals surface area (Å²) in [6.45, 7) is 3.79. The number of aliphatic hydroxyl groups excluding tert-OH is 1. The van der Waals surface area contributed by atoms with Crippen molar-refractivity contribution < 1.29 is 24.2 Å². The maximum atomic E-state index is 12.1. The van der Waals surface area contributed by atoms with Crippen LogP contribution in [-0.4, -0.2) is 36.4 Å². The van der Waals surface area contributed by atoms with Gasteiger partial charge in [0.25, 0.3) is 0 Å². The van der Waals surface area contributed by atoms with Crippen LogP contribution in [0.4, 0.5) is 0 Å². The lowest BCUT2D eigenvalue weighted by molar-refractivity contribution is -0.161. The lowest BCUT2D eigenvalue weighted by atomic mass is 10.1. The number of rotatable bonds is 33. The molecule has 1 N–H and O–H groups in total. The zero-order chi connectivity index (χ0) is 37.8. The van der Waals surface area contributed by atoms with Crippen molar-refractivity contribution in [3.05, 3.63) is 134 Å². The Hall–Kier alpha value is -3.96. The van der Waals surface area contributed by atoms with Crippen LogP contribution in [0, 0.1) is 0 Å². The second kappa shape index (κ2) is 41.5. The van der Waals surface area contributed by atoms with Crippen molar-refractivity contribution in [1.29, 1.82) is 0 Å². The van der Waals surface area contributed by atoms with E-state index in [0.29, 0.717) is 12.8 Å². The van der Waals surface area contributed by atoms with Gasteiger partial charge in [-0.3, -0.25) is 9.59 Å². The molecule has 5 nitrogen and oxygen atoms in total. The maximum absolute atomic E-state index is 12.1. The highest BCUT2D eigenvalue weighted by Crippen LogP contribution is 2.07. The van der Waals surface area contributed by atoms with Crippen molar-refractivity contribution in [2.75, 3.05) is 13.2 Å². The molecule has 1 unspecified atom stereocenters. The third kappa shape index (κ3) is 38.8. The van der Waals surface area contributed by atoms with Crippen LogP contribution in [0.3, 0.4) is 0 Å². The minimum absolute atomic E-state index is 0.124. The number of hydrogen-bond acceptors (Lipinski definition) is 5. The summed E-state index contributed by atoms with van der Waals surface area (Å²) in [5.41, 5.74) is 0. The van der Waals surface area contributed by atoms with Gasteiger partial charge in [0.2, 0.25) is 0 Å². The first kappa shape index (κ1) is 48.0. The Labute approximate surface area is 317 Å². The fraction of sp³-hybridized carbons (Fsp3) is 0.489. The summed E-state index contributed by atoms with van der Waals surface area (Å²) >= 11 is 0. The highest BCUT2D eigenvalue weighted by atomic mass is 16.6. The Morgan fingerprint density at radius 3 is 1.19 bits per heavy atom. The normalized spacial score (nSPS) is 13.7. The van der Waals surface area contributed by atoms with Crippen LogP contribution < -0.4 is 0 Å². The van der Waals surface area contributed by atoms with Crippen LogP contribution in [0.15, 0.2) is 134 Å². The summed E-state index contributed by atoms with van der Waals surface area (Å²) in [5, 5.41) is 9.55. The van der Waals surface area contributed by atoms with Crippen LogP contribution in [-0.2, 0) is 19.1 Å². The lowest BCUT2D eigenvalue weighted by Gasteiger charge is -2.15. The van der Waals surface area contributed by atoms with Gasteiger partial charge in [0, 0.05) is 12.8 Å². The number of esters is 2. The second-order valence-electron chi connectivity index (χ2n) is 12.2. The molecule has 0 radical (unpaired) electrons. The van der Waals surface area contributed by atoms with Crippen molar-refractivity contribution in [1.82, 2.24) is 0 Å². The highest BCUT2D eigenvalue weighted by molar-refractivity contribution is 5.70. The lowest BCUT2D eigenvalue weighted by Crippen LogP contribution is -2.28. The molecule has 0 bridgehead atoms. The van der Waals surface area contributed by atoms with Crippen LogP contribution in [0.2, 0.25) is 0 Å². The van der Waals surface area contributed by atoms with Crippen LogP contribution in [0.25, 0.3) is 0 Å². The quantitative estimate of drug-likeness (QED) is 0.0416. The van der Waals surface area contributed by atoms with Crippen LogP contribution in [0.5, 0.6) is 0 Å². The Morgan fingerprint density at radius 2 is 0.808 bits per heavy atom. The van der Waals surface area contributed by atoms with E-state index in [1.165, 1.54) is 0 Å². The van der Waals surface area contributed by atoms with Crippen molar-refractivity contribution in [2.24, 2.45) is 0 Å². The van der Waals surface area contributed by atoms with E-state index in [2.05, 4.69) is 135 Å². The number of ether oxygens (including phenoxy) is 2. The van der Waals surface area contributed by atoms with Gasteiger partial charge in [0.05, 0.1) is 6.61 Å². The monoisotopic (exact) mass is 715 g/mol. The Bertz CT molecular complexity index is 1170. The summed E-state index contributed by atoms with van der Waals surface area (Å²) in [5.74, 6) is -0.743. The Kier molecular flexibility index (Phi) is 38.3. The van der Waals surface area contributed by atoms with Crippen molar-refractivity contribution >= 4 is 11.9 Å². The molecule has 0 aliphatic rings. The average molecular weight is 715 g/mol. The number of hydrogen-bond donors (Lipinski definition) is 1. The molecule has 0 heterocycles. The zero-order valence-corrected chi connectivity index (χ0v) is 32.5. The van der Waals surface area contributed by atoms with Gasteiger partial charge in [0.15, 0.2) is 6.10 Å². The maximum Gasteiger partial charge on any atom is 0.306 e. The van der Waals surface area contributed by atoms with E-state index < -0.39 is 12.1 Å². The van der Waals surface area contributed by atoms with E-state index in [1.807, 2.05) is 12.2 Å². The van der Waals surface area contributed by atoms with Crippen molar-refractivity contribution in [3.63, 3.8) is 0 Å². The molecule has 0 rings (SSSR count). The number of allylic oxidation sites excluding steroid dienone is 22. The summed E-state index contributed by atoms with van der Waals surface area (Å²) < 4.78 is 10.5. The van der Waals surface area contributed by atoms with E-state index in [0.717, 1.165) is 96.3 Å². The molecule has 5 heteroatoms. The highest BCUT2D eigenvalue weighted by Gasteiger charge is 2.15. The minimum atomic E-state index is -0.836. The third-order valence-electron chi connectivity index (χ3n) is 7.45. The van der Waals surface area contributed by atoms with E-state index in [-0.39, 0.29) is 25.6 Å². The fourth-order valence-electron chi connectivity index (χ4n) is 4.54. The Balaban J connectivity index is 3.81. The smallest absolute Gasteiger partial charge is 0.306 e.